The highest BCUT2D eigenvalue weighted by atomic mass is 16.3. The third-order valence-electron chi connectivity index (χ3n) is 2.40. The zero-order valence-electron chi connectivity index (χ0n) is 9.54. The Hall–Kier alpha value is -1.44. The van der Waals surface area contributed by atoms with Crippen LogP contribution in [0.25, 0.3) is 0 Å². The molecule has 2 heteroatoms. The smallest absolute Gasteiger partial charge is 0.161 e. The highest BCUT2D eigenvalue weighted by Crippen LogP contribution is 2.35. The fourth-order valence-corrected chi connectivity index (χ4v) is 1.42. The van der Waals surface area contributed by atoms with Crippen molar-refractivity contribution in [3.63, 3.8) is 0 Å². The van der Waals surface area contributed by atoms with Crippen LogP contribution in [-0.2, 0) is 11.8 Å². The van der Waals surface area contributed by atoms with E-state index < -0.39 is 0 Å². The van der Waals surface area contributed by atoms with E-state index in [-0.39, 0.29) is 16.9 Å². The molecule has 0 heterocycles. The van der Waals surface area contributed by atoms with Crippen molar-refractivity contribution < 1.29 is 10.2 Å². The lowest BCUT2D eigenvalue weighted by Crippen LogP contribution is -2.11. The molecule has 0 amide bonds. The van der Waals surface area contributed by atoms with Crippen LogP contribution in [0.4, 0.5) is 0 Å². The molecule has 0 saturated carbocycles. The van der Waals surface area contributed by atoms with Crippen LogP contribution in [0, 0.1) is 0 Å². The van der Waals surface area contributed by atoms with Gasteiger partial charge in [0.2, 0.25) is 0 Å². The first-order valence-electron chi connectivity index (χ1n) is 5.02. The van der Waals surface area contributed by atoms with Crippen molar-refractivity contribution in [2.24, 2.45) is 0 Å². The Morgan fingerprint density at radius 3 is 2.33 bits per heavy atom. The summed E-state index contributed by atoms with van der Waals surface area (Å²) in [6.45, 7) is 9.82. The van der Waals surface area contributed by atoms with E-state index in [4.69, 9.17) is 0 Å². The number of hydrogen-bond acceptors (Lipinski definition) is 2. The summed E-state index contributed by atoms with van der Waals surface area (Å²) in [5, 5.41) is 19.2. The van der Waals surface area contributed by atoms with E-state index >= 15 is 0 Å². The van der Waals surface area contributed by atoms with Gasteiger partial charge in [0.15, 0.2) is 11.5 Å². The summed E-state index contributed by atoms with van der Waals surface area (Å²) in [5.41, 5.74) is 1.69. The van der Waals surface area contributed by atoms with Crippen molar-refractivity contribution in [1.82, 2.24) is 0 Å². The minimum atomic E-state index is -0.0562. The molecule has 0 spiro atoms. The number of rotatable bonds is 2. The van der Waals surface area contributed by atoms with Crippen LogP contribution in [0.2, 0.25) is 0 Å². The predicted octanol–water partition coefficient (Wildman–Crippen LogP) is 3.12. The van der Waals surface area contributed by atoms with Crippen molar-refractivity contribution in [3.8, 4) is 11.5 Å². The SMILES string of the molecule is C=CCc1cc(C(C)(C)C)cc(O)c1O. The van der Waals surface area contributed by atoms with E-state index in [1.807, 2.05) is 6.07 Å². The fourth-order valence-electron chi connectivity index (χ4n) is 1.42. The van der Waals surface area contributed by atoms with E-state index in [2.05, 4.69) is 27.4 Å². The summed E-state index contributed by atoms with van der Waals surface area (Å²) < 4.78 is 0. The van der Waals surface area contributed by atoms with Gasteiger partial charge < -0.3 is 10.2 Å². The second-order valence-electron chi connectivity index (χ2n) is 4.75. The maximum absolute atomic E-state index is 9.62. The summed E-state index contributed by atoms with van der Waals surface area (Å²) in [6, 6.07) is 3.53. The quantitative estimate of drug-likeness (QED) is 0.576. The number of hydrogen-bond donors (Lipinski definition) is 2. The molecule has 15 heavy (non-hydrogen) atoms. The Balaban J connectivity index is 3.29. The molecule has 0 aliphatic carbocycles. The summed E-state index contributed by atoms with van der Waals surface area (Å²) in [7, 11) is 0. The molecular weight excluding hydrogens is 188 g/mol. The Morgan fingerprint density at radius 2 is 1.87 bits per heavy atom. The minimum Gasteiger partial charge on any atom is -0.504 e. The molecule has 1 aromatic rings. The van der Waals surface area contributed by atoms with Crippen LogP contribution < -0.4 is 0 Å². The molecule has 2 nitrogen and oxygen atoms in total. The summed E-state index contributed by atoms with van der Waals surface area (Å²) in [5.74, 6) is -0.0952. The Bertz CT molecular complexity index is 373. The lowest BCUT2D eigenvalue weighted by molar-refractivity contribution is 0.398. The van der Waals surface area contributed by atoms with Gasteiger partial charge in [0, 0.05) is 5.56 Å². The van der Waals surface area contributed by atoms with Crippen molar-refractivity contribution in [1.29, 1.82) is 0 Å². The molecule has 0 aromatic heterocycles. The van der Waals surface area contributed by atoms with Gasteiger partial charge in [-0.15, -0.1) is 6.58 Å². The Morgan fingerprint density at radius 1 is 1.27 bits per heavy atom. The molecule has 0 bridgehead atoms. The number of phenols is 2. The van der Waals surface area contributed by atoms with E-state index in [1.54, 1.807) is 12.1 Å². The van der Waals surface area contributed by atoms with Gasteiger partial charge in [0.05, 0.1) is 0 Å². The molecule has 0 aliphatic rings. The largest absolute Gasteiger partial charge is 0.504 e. The first-order valence-corrected chi connectivity index (χ1v) is 5.02. The molecule has 0 saturated heterocycles. The fraction of sp³-hybridized carbons (Fsp3) is 0.385. The number of aromatic hydroxyl groups is 2. The van der Waals surface area contributed by atoms with Crippen LogP contribution in [0.3, 0.4) is 0 Å². The van der Waals surface area contributed by atoms with Crippen molar-refractivity contribution in [2.45, 2.75) is 32.6 Å². The summed E-state index contributed by atoms with van der Waals surface area (Å²) in [6.07, 6.45) is 2.27. The van der Waals surface area contributed by atoms with Gasteiger partial charge in [-0.2, -0.15) is 0 Å². The zero-order valence-corrected chi connectivity index (χ0v) is 9.54. The number of benzene rings is 1. The summed E-state index contributed by atoms with van der Waals surface area (Å²) in [4.78, 5) is 0. The first kappa shape index (κ1) is 11.6. The Kier molecular flexibility index (Phi) is 3.08. The zero-order chi connectivity index (χ0) is 11.6. The molecule has 1 rings (SSSR count). The van der Waals surface area contributed by atoms with Gasteiger partial charge in [-0.25, -0.2) is 0 Å². The van der Waals surface area contributed by atoms with Crippen molar-refractivity contribution in [3.05, 3.63) is 35.9 Å². The van der Waals surface area contributed by atoms with Crippen molar-refractivity contribution in [2.75, 3.05) is 0 Å². The van der Waals surface area contributed by atoms with Gasteiger partial charge in [0.25, 0.3) is 0 Å². The normalized spacial score (nSPS) is 11.4. The van der Waals surface area contributed by atoms with Crippen LogP contribution in [0.1, 0.15) is 31.9 Å². The molecule has 82 valence electrons. The Labute approximate surface area is 90.9 Å². The van der Waals surface area contributed by atoms with E-state index in [1.165, 1.54) is 0 Å². The molecule has 0 aliphatic heterocycles. The van der Waals surface area contributed by atoms with Gasteiger partial charge in [0.1, 0.15) is 0 Å². The van der Waals surface area contributed by atoms with Crippen LogP contribution in [-0.4, -0.2) is 10.2 Å². The second kappa shape index (κ2) is 3.97. The average Bonchev–Trinajstić information content (AvgIpc) is 2.11. The third-order valence-corrected chi connectivity index (χ3v) is 2.40. The third kappa shape index (κ3) is 2.52. The predicted molar refractivity (Wildman–Crippen MR) is 62.4 cm³/mol. The van der Waals surface area contributed by atoms with Gasteiger partial charge in [-0.3, -0.25) is 0 Å². The maximum atomic E-state index is 9.62. The van der Waals surface area contributed by atoms with Gasteiger partial charge >= 0.3 is 0 Å². The molecular formula is C13H18O2. The minimum absolute atomic E-state index is 0.0390. The lowest BCUT2D eigenvalue weighted by atomic mass is 9.85. The molecule has 2 N–H and O–H groups in total. The molecule has 0 unspecified atom stereocenters. The average molecular weight is 206 g/mol. The van der Waals surface area contributed by atoms with E-state index in [0.29, 0.717) is 6.42 Å². The van der Waals surface area contributed by atoms with E-state index in [9.17, 15) is 10.2 Å². The maximum Gasteiger partial charge on any atom is 0.161 e. The van der Waals surface area contributed by atoms with E-state index in [0.717, 1.165) is 11.1 Å². The summed E-state index contributed by atoms with van der Waals surface area (Å²) >= 11 is 0. The molecule has 1 aromatic carbocycles. The highest BCUT2D eigenvalue weighted by Gasteiger charge is 2.17. The monoisotopic (exact) mass is 206 g/mol. The first-order chi connectivity index (χ1) is 6.86. The van der Waals surface area contributed by atoms with Gasteiger partial charge in [-0.05, 0) is 23.5 Å². The molecule has 0 fully saturated rings. The second-order valence-corrected chi connectivity index (χ2v) is 4.75. The standard InChI is InChI=1S/C13H18O2/c1-5-6-9-7-10(13(2,3)4)8-11(14)12(9)15/h5,7-8,14-15H,1,6H2,2-4H3. The molecule has 0 radical (unpaired) electrons. The highest BCUT2D eigenvalue weighted by molar-refractivity contribution is 5.49. The van der Waals surface area contributed by atoms with Gasteiger partial charge in [-0.1, -0.05) is 32.9 Å². The number of allylic oxidation sites excluding steroid dienone is 1. The van der Waals surface area contributed by atoms with Crippen LogP contribution in [0.5, 0.6) is 11.5 Å². The lowest BCUT2D eigenvalue weighted by Gasteiger charge is -2.20. The number of phenolic OH excluding ortho intramolecular Hbond substituents is 2. The topological polar surface area (TPSA) is 40.5 Å². The van der Waals surface area contributed by atoms with Crippen LogP contribution in [0.15, 0.2) is 24.8 Å². The molecule has 0 atom stereocenters. The van der Waals surface area contributed by atoms with Crippen molar-refractivity contribution >= 4 is 0 Å². The van der Waals surface area contributed by atoms with Crippen LogP contribution >= 0.6 is 0 Å².